The van der Waals surface area contributed by atoms with Crippen molar-refractivity contribution in [3.05, 3.63) is 69.8 Å². The number of nitrogens with zero attached hydrogens (tertiary/aromatic N) is 2. The highest BCUT2D eigenvalue weighted by atomic mass is 19.1. The summed E-state index contributed by atoms with van der Waals surface area (Å²) in [6, 6.07) is 7.76. The van der Waals surface area contributed by atoms with Gasteiger partial charge in [-0.05, 0) is 30.2 Å². The maximum absolute atomic E-state index is 13.5. The SMILES string of the molecule is C[C@H](NCc1ccc([N+](=O)[O-])c(F)c1)c1cccnc1. The molecule has 1 N–H and O–H groups in total. The average Bonchev–Trinajstić information content (AvgIpc) is 2.45. The quantitative estimate of drug-likeness (QED) is 0.672. The second kappa shape index (κ2) is 6.21. The van der Waals surface area contributed by atoms with Gasteiger partial charge in [0.15, 0.2) is 0 Å². The fourth-order valence-corrected chi connectivity index (χ4v) is 1.83. The van der Waals surface area contributed by atoms with Crippen molar-refractivity contribution in [1.82, 2.24) is 10.3 Å². The van der Waals surface area contributed by atoms with Crippen molar-refractivity contribution >= 4 is 5.69 Å². The van der Waals surface area contributed by atoms with Gasteiger partial charge in [-0.2, -0.15) is 4.39 Å². The van der Waals surface area contributed by atoms with E-state index in [1.54, 1.807) is 18.5 Å². The van der Waals surface area contributed by atoms with Crippen molar-refractivity contribution < 1.29 is 9.31 Å². The molecule has 2 aromatic rings. The lowest BCUT2D eigenvalue weighted by atomic mass is 10.1. The molecule has 1 aromatic heterocycles. The highest BCUT2D eigenvalue weighted by Gasteiger charge is 2.14. The topological polar surface area (TPSA) is 68.1 Å². The van der Waals surface area contributed by atoms with Crippen molar-refractivity contribution in [3.8, 4) is 0 Å². The Bertz CT molecular complexity index is 605. The van der Waals surface area contributed by atoms with Gasteiger partial charge in [-0.25, -0.2) is 0 Å². The number of hydrogen-bond donors (Lipinski definition) is 1. The smallest absolute Gasteiger partial charge is 0.304 e. The van der Waals surface area contributed by atoms with Crippen LogP contribution in [0, 0.1) is 15.9 Å². The van der Waals surface area contributed by atoms with E-state index in [1.165, 1.54) is 12.1 Å². The van der Waals surface area contributed by atoms with E-state index in [-0.39, 0.29) is 6.04 Å². The summed E-state index contributed by atoms with van der Waals surface area (Å²) in [5, 5.41) is 13.7. The minimum atomic E-state index is -0.816. The summed E-state index contributed by atoms with van der Waals surface area (Å²) in [5.41, 5.74) is 1.17. The van der Waals surface area contributed by atoms with Crippen LogP contribution in [0.4, 0.5) is 10.1 Å². The lowest BCUT2D eigenvalue weighted by Crippen LogP contribution is -2.18. The molecule has 0 aliphatic rings. The molecule has 0 radical (unpaired) electrons. The Kier molecular flexibility index (Phi) is 4.37. The molecule has 0 unspecified atom stereocenters. The molecular weight excluding hydrogens is 261 g/mol. The van der Waals surface area contributed by atoms with Crippen LogP contribution in [-0.2, 0) is 6.54 Å². The maximum Gasteiger partial charge on any atom is 0.304 e. The summed E-state index contributed by atoms with van der Waals surface area (Å²) in [6.45, 7) is 2.39. The summed E-state index contributed by atoms with van der Waals surface area (Å²) >= 11 is 0. The molecule has 1 aromatic carbocycles. The molecule has 20 heavy (non-hydrogen) atoms. The Morgan fingerprint density at radius 2 is 2.25 bits per heavy atom. The van der Waals surface area contributed by atoms with Crippen molar-refractivity contribution in [2.45, 2.75) is 19.5 Å². The third kappa shape index (κ3) is 3.36. The predicted octanol–water partition coefficient (Wildman–Crippen LogP) is 2.98. The number of benzene rings is 1. The third-order valence-corrected chi connectivity index (χ3v) is 3.01. The largest absolute Gasteiger partial charge is 0.306 e. The molecule has 5 nitrogen and oxygen atoms in total. The highest BCUT2D eigenvalue weighted by molar-refractivity contribution is 5.35. The summed E-state index contributed by atoms with van der Waals surface area (Å²) in [5.74, 6) is -0.816. The molecule has 0 amide bonds. The normalized spacial score (nSPS) is 12.1. The van der Waals surface area contributed by atoms with E-state index >= 15 is 0 Å². The van der Waals surface area contributed by atoms with Gasteiger partial charge in [0.05, 0.1) is 4.92 Å². The Morgan fingerprint density at radius 3 is 2.85 bits per heavy atom. The molecular formula is C14H14FN3O2. The zero-order chi connectivity index (χ0) is 14.5. The predicted molar refractivity (Wildman–Crippen MR) is 72.5 cm³/mol. The van der Waals surface area contributed by atoms with Crippen LogP contribution in [-0.4, -0.2) is 9.91 Å². The zero-order valence-corrected chi connectivity index (χ0v) is 10.9. The second-order valence-electron chi connectivity index (χ2n) is 4.43. The first-order chi connectivity index (χ1) is 9.58. The molecule has 0 saturated heterocycles. The summed E-state index contributed by atoms with van der Waals surface area (Å²) in [4.78, 5) is 13.8. The first kappa shape index (κ1) is 14.1. The van der Waals surface area contributed by atoms with Gasteiger partial charge in [0.1, 0.15) is 0 Å². The molecule has 0 aliphatic heterocycles. The third-order valence-electron chi connectivity index (χ3n) is 3.01. The maximum atomic E-state index is 13.5. The minimum Gasteiger partial charge on any atom is -0.306 e. The van der Waals surface area contributed by atoms with Gasteiger partial charge >= 0.3 is 5.69 Å². The van der Waals surface area contributed by atoms with Gasteiger partial charge in [-0.15, -0.1) is 0 Å². The van der Waals surface area contributed by atoms with E-state index in [1.807, 2.05) is 19.1 Å². The van der Waals surface area contributed by atoms with Crippen LogP contribution in [0.15, 0.2) is 42.7 Å². The molecule has 104 valence electrons. The molecule has 0 spiro atoms. The van der Waals surface area contributed by atoms with Gasteiger partial charge in [0.25, 0.3) is 0 Å². The van der Waals surface area contributed by atoms with Crippen LogP contribution in [0.25, 0.3) is 0 Å². The number of nitrogens with one attached hydrogen (secondary N) is 1. The lowest BCUT2D eigenvalue weighted by molar-refractivity contribution is -0.387. The van der Waals surface area contributed by atoms with E-state index in [0.717, 1.165) is 5.56 Å². The minimum absolute atomic E-state index is 0.0574. The first-order valence-electron chi connectivity index (χ1n) is 6.14. The van der Waals surface area contributed by atoms with Crippen molar-refractivity contribution in [2.24, 2.45) is 0 Å². The molecule has 2 rings (SSSR count). The van der Waals surface area contributed by atoms with Crippen LogP contribution in [0.1, 0.15) is 24.1 Å². The molecule has 0 bridgehead atoms. The number of hydrogen-bond acceptors (Lipinski definition) is 4. The molecule has 0 aliphatic carbocycles. The standard InChI is InChI=1S/C14H14FN3O2/c1-10(12-3-2-6-16-9-12)17-8-11-4-5-14(18(19)20)13(15)7-11/h2-7,9-10,17H,8H2,1H3/t10-/m0/s1. The lowest BCUT2D eigenvalue weighted by Gasteiger charge is -2.13. The molecule has 0 fully saturated rings. The van der Waals surface area contributed by atoms with Crippen molar-refractivity contribution in [3.63, 3.8) is 0 Å². The molecule has 1 heterocycles. The first-order valence-corrected chi connectivity index (χ1v) is 6.14. The second-order valence-corrected chi connectivity index (χ2v) is 4.43. The molecule has 1 atom stereocenters. The Morgan fingerprint density at radius 1 is 1.45 bits per heavy atom. The summed E-state index contributed by atoms with van der Waals surface area (Å²) in [7, 11) is 0. The fraction of sp³-hybridized carbons (Fsp3) is 0.214. The number of nitro benzene ring substituents is 1. The highest BCUT2D eigenvalue weighted by Crippen LogP contribution is 2.18. The van der Waals surface area contributed by atoms with Crippen molar-refractivity contribution in [2.75, 3.05) is 0 Å². The van der Waals surface area contributed by atoms with E-state index in [0.29, 0.717) is 12.1 Å². The molecule has 0 saturated carbocycles. The van der Waals surface area contributed by atoms with Gasteiger partial charge in [0.2, 0.25) is 5.82 Å². The summed E-state index contributed by atoms with van der Waals surface area (Å²) < 4.78 is 13.5. The number of nitro groups is 1. The van der Waals surface area contributed by atoms with Crippen molar-refractivity contribution in [1.29, 1.82) is 0 Å². The van der Waals surface area contributed by atoms with Gasteiger partial charge < -0.3 is 5.32 Å². The van der Waals surface area contributed by atoms with Crippen LogP contribution in [0.5, 0.6) is 0 Å². The van der Waals surface area contributed by atoms with Crippen LogP contribution < -0.4 is 5.32 Å². The number of pyridine rings is 1. The Labute approximate surface area is 115 Å². The average molecular weight is 275 g/mol. The number of rotatable bonds is 5. The van der Waals surface area contributed by atoms with E-state index in [2.05, 4.69) is 10.3 Å². The monoisotopic (exact) mass is 275 g/mol. The molecule has 6 heteroatoms. The van der Waals surface area contributed by atoms with Crippen LogP contribution in [0.2, 0.25) is 0 Å². The van der Waals surface area contributed by atoms with E-state index in [9.17, 15) is 14.5 Å². The Balaban J connectivity index is 2.01. The van der Waals surface area contributed by atoms with Crippen LogP contribution in [0.3, 0.4) is 0 Å². The number of halogens is 1. The van der Waals surface area contributed by atoms with Crippen LogP contribution >= 0.6 is 0 Å². The number of aromatic nitrogens is 1. The zero-order valence-electron chi connectivity index (χ0n) is 10.9. The van der Waals surface area contributed by atoms with E-state index < -0.39 is 16.4 Å². The summed E-state index contributed by atoms with van der Waals surface area (Å²) in [6.07, 6.45) is 3.45. The van der Waals surface area contributed by atoms with Gasteiger partial charge in [-0.3, -0.25) is 15.1 Å². The van der Waals surface area contributed by atoms with E-state index in [4.69, 9.17) is 0 Å². The Hall–Kier alpha value is -2.34. The van der Waals surface area contributed by atoms with Gasteiger partial charge in [0, 0.05) is 31.0 Å². The fourth-order valence-electron chi connectivity index (χ4n) is 1.83. The van der Waals surface area contributed by atoms with Gasteiger partial charge in [-0.1, -0.05) is 12.1 Å².